The predicted octanol–water partition coefficient (Wildman–Crippen LogP) is 2.92. The van der Waals surface area contributed by atoms with Crippen LogP contribution >= 0.6 is 0 Å². The molecule has 0 bridgehead atoms. The normalized spacial score (nSPS) is 12.8. The van der Waals surface area contributed by atoms with Gasteiger partial charge < -0.3 is 10.7 Å². The first kappa shape index (κ1) is 11.0. The summed E-state index contributed by atoms with van der Waals surface area (Å²) < 4.78 is 0. The van der Waals surface area contributed by atoms with Crippen LogP contribution in [0.5, 0.6) is 0 Å². The number of fused-ring (bicyclic) bond motifs is 1. The van der Waals surface area contributed by atoms with Crippen molar-refractivity contribution < 1.29 is 0 Å². The zero-order valence-corrected chi connectivity index (χ0v) is 10.2. The molecule has 3 aromatic rings. The molecule has 2 aromatic carbocycles. The lowest BCUT2D eigenvalue weighted by atomic mass is 10.1. The summed E-state index contributed by atoms with van der Waals surface area (Å²) in [6.07, 6.45) is 0. The van der Waals surface area contributed by atoms with Crippen molar-refractivity contribution in [3.8, 4) is 0 Å². The van der Waals surface area contributed by atoms with Gasteiger partial charge >= 0.3 is 0 Å². The SMILES string of the molecule is Cc1ccc2nc([C@H](N)c3ccccc3)[nH]c2c1. The van der Waals surface area contributed by atoms with Crippen LogP contribution in [0.1, 0.15) is 23.0 Å². The van der Waals surface area contributed by atoms with Gasteiger partial charge in [0.15, 0.2) is 0 Å². The monoisotopic (exact) mass is 237 g/mol. The zero-order chi connectivity index (χ0) is 12.5. The van der Waals surface area contributed by atoms with E-state index in [1.807, 2.05) is 36.4 Å². The van der Waals surface area contributed by atoms with Crippen LogP contribution < -0.4 is 5.73 Å². The van der Waals surface area contributed by atoms with Gasteiger partial charge in [0.25, 0.3) is 0 Å². The Morgan fingerprint density at radius 1 is 1.11 bits per heavy atom. The Hall–Kier alpha value is -2.13. The van der Waals surface area contributed by atoms with E-state index in [0.29, 0.717) is 0 Å². The van der Waals surface area contributed by atoms with Crippen LogP contribution in [-0.4, -0.2) is 9.97 Å². The fraction of sp³-hybridized carbons (Fsp3) is 0.133. The molecule has 1 heterocycles. The highest BCUT2D eigenvalue weighted by Gasteiger charge is 2.12. The van der Waals surface area contributed by atoms with Crippen LogP contribution in [0.25, 0.3) is 11.0 Å². The molecule has 0 aliphatic heterocycles. The molecule has 3 N–H and O–H groups in total. The molecular formula is C15H15N3. The smallest absolute Gasteiger partial charge is 0.128 e. The third-order valence-electron chi connectivity index (χ3n) is 3.11. The maximum absolute atomic E-state index is 6.22. The molecule has 18 heavy (non-hydrogen) atoms. The second kappa shape index (κ2) is 4.27. The minimum absolute atomic E-state index is 0.209. The number of imidazole rings is 1. The van der Waals surface area contributed by atoms with Crippen molar-refractivity contribution in [2.45, 2.75) is 13.0 Å². The van der Waals surface area contributed by atoms with Gasteiger partial charge in [-0.25, -0.2) is 4.98 Å². The van der Waals surface area contributed by atoms with E-state index in [0.717, 1.165) is 22.4 Å². The average molecular weight is 237 g/mol. The summed E-state index contributed by atoms with van der Waals surface area (Å²) >= 11 is 0. The molecular weight excluding hydrogens is 222 g/mol. The van der Waals surface area contributed by atoms with E-state index in [9.17, 15) is 0 Å². The molecule has 0 aliphatic rings. The minimum Gasteiger partial charge on any atom is -0.340 e. The second-order valence-electron chi connectivity index (χ2n) is 4.53. The van der Waals surface area contributed by atoms with Crippen molar-refractivity contribution in [1.82, 2.24) is 9.97 Å². The lowest BCUT2D eigenvalue weighted by Gasteiger charge is -2.08. The van der Waals surface area contributed by atoms with Gasteiger partial charge in [0.1, 0.15) is 5.82 Å². The van der Waals surface area contributed by atoms with E-state index in [-0.39, 0.29) is 6.04 Å². The van der Waals surface area contributed by atoms with E-state index < -0.39 is 0 Å². The van der Waals surface area contributed by atoms with E-state index >= 15 is 0 Å². The molecule has 0 fully saturated rings. The molecule has 1 atom stereocenters. The van der Waals surface area contributed by atoms with Crippen LogP contribution in [0.15, 0.2) is 48.5 Å². The molecule has 3 heteroatoms. The Balaban J connectivity index is 2.04. The molecule has 0 saturated carbocycles. The van der Waals surface area contributed by atoms with Gasteiger partial charge in [0.2, 0.25) is 0 Å². The summed E-state index contributed by atoms with van der Waals surface area (Å²) in [5.41, 5.74) is 10.5. The summed E-state index contributed by atoms with van der Waals surface area (Å²) in [5.74, 6) is 0.807. The molecule has 1 aromatic heterocycles. The number of nitrogens with zero attached hydrogens (tertiary/aromatic N) is 1. The number of nitrogens with one attached hydrogen (secondary N) is 1. The number of aryl methyl sites for hydroxylation is 1. The Kier molecular flexibility index (Phi) is 2.61. The Labute approximate surface area is 106 Å². The first-order valence-corrected chi connectivity index (χ1v) is 6.01. The van der Waals surface area contributed by atoms with Crippen molar-refractivity contribution >= 4 is 11.0 Å². The van der Waals surface area contributed by atoms with Gasteiger partial charge in [-0.1, -0.05) is 36.4 Å². The summed E-state index contributed by atoms with van der Waals surface area (Å²) in [4.78, 5) is 7.85. The van der Waals surface area contributed by atoms with Crippen LogP contribution in [0.3, 0.4) is 0 Å². The molecule has 0 spiro atoms. The molecule has 0 saturated heterocycles. The number of H-pyrrole nitrogens is 1. The second-order valence-corrected chi connectivity index (χ2v) is 4.53. The van der Waals surface area contributed by atoms with E-state index in [2.05, 4.69) is 29.0 Å². The predicted molar refractivity (Wildman–Crippen MR) is 73.3 cm³/mol. The summed E-state index contributed by atoms with van der Waals surface area (Å²) in [6, 6.07) is 15.9. The van der Waals surface area contributed by atoms with Crippen molar-refractivity contribution in [3.05, 3.63) is 65.5 Å². The number of hydrogen-bond acceptors (Lipinski definition) is 2. The Morgan fingerprint density at radius 2 is 1.89 bits per heavy atom. The van der Waals surface area contributed by atoms with E-state index in [1.54, 1.807) is 0 Å². The van der Waals surface area contributed by atoms with Gasteiger partial charge in [-0.2, -0.15) is 0 Å². The number of aromatic amines is 1. The minimum atomic E-state index is -0.209. The Bertz CT molecular complexity index is 671. The summed E-state index contributed by atoms with van der Waals surface area (Å²) in [7, 11) is 0. The topological polar surface area (TPSA) is 54.7 Å². The van der Waals surface area contributed by atoms with E-state index in [1.165, 1.54) is 5.56 Å². The summed E-state index contributed by atoms with van der Waals surface area (Å²) in [5, 5.41) is 0. The number of hydrogen-bond donors (Lipinski definition) is 2. The molecule has 3 rings (SSSR count). The lowest BCUT2D eigenvalue weighted by molar-refractivity contribution is 0.806. The fourth-order valence-electron chi connectivity index (χ4n) is 2.11. The van der Waals surface area contributed by atoms with Crippen LogP contribution in [0.2, 0.25) is 0 Å². The molecule has 0 amide bonds. The third-order valence-corrected chi connectivity index (χ3v) is 3.11. The third kappa shape index (κ3) is 1.89. The lowest BCUT2D eigenvalue weighted by Crippen LogP contribution is -2.13. The zero-order valence-electron chi connectivity index (χ0n) is 10.2. The maximum atomic E-state index is 6.22. The van der Waals surface area contributed by atoms with Gasteiger partial charge in [-0.15, -0.1) is 0 Å². The highest BCUT2D eigenvalue weighted by molar-refractivity contribution is 5.76. The number of rotatable bonds is 2. The molecule has 3 nitrogen and oxygen atoms in total. The van der Waals surface area contributed by atoms with Gasteiger partial charge in [0.05, 0.1) is 17.1 Å². The first-order valence-electron chi connectivity index (χ1n) is 6.01. The van der Waals surface area contributed by atoms with Crippen molar-refractivity contribution in [1.29, 1.82) is 0 Å². The first-order chi connectivity index (χ1) is 8.74. The maximum Gasteiger partial charge on any atom is 0.128 e. The standard InChI is InChI=1S/C15H15N3/c1-10-7-8-12-13(9-10)18-15(17-12)14(16)11-5-3-2-4-6-11/h2-9,14H,16H2,1H3,(H,17,18)/t14-/m1/s1. The van der Waals surface area contributed by atoms with Crippen molar-refractivity contribution in [2.75, 3.05) is 0 Å². The quantitative estimate of drug-likeness (QED) is 0.720. The van der Waals surface area contributed by atoms with Crippen molar-refractivity contribution in [2.24, 2.45) is 5.73 Å². The van der Waals surface area contributed by atoms with Crippen LogP contribution in [-0.2, 0) is 0 Å². The fourth-order valence-corrected chi connectivity index (χ4v) is 2.11. The Morgan fingerprint density at radius 3 is 2.67 bits per heavy atom. The molecule has 0 radical (unpaired) electrons. The highest BCUT2D eigenvalue weighted by atomic mass is 15.0. The molecule has 0 unspecified atom stereocenters. The summed E-state index contributed by atoms with van der Waals surface area (Å²) in [6.45, 7) is 2.07. The highest BCUT2D eigenvalue weighted by Crippen LogP contribution is 2.20. The number of benzene rings is 2. The largest absolute Gasteiger partial charge is 0.340 e. The van der Waals surface area contributed by atoms with Crippen molar-refractivity contribution in [3.63, 3.8) is 0 Å². The number of nitrogens with two attached hydrogens (primary N) is 1. The van der Waals surface area contributed by atoms with Gasteiger partial charge in [-0.3, -0.25) is 0 Å². The molecule has 0 aliphatic carbocycles. The van der Waals surface area contributed by atoms with Crippen LogP contribution in [0, 0.1) is 6.92 Å². The number of aromatic nitrogens is 2. The van der Waals surface area contributed by atoms with Gasteiger partial charge in [0, 0.05) is 0 Å². The van der Waals surface area contributed by atoms with Gasteiger partial charge in [-0.05, 0) is 30.2 Å². The van der Waals surface area contributed by atoms with E-state index in [4.69, 9.17) is 5.73 Å². The average Bonchev–Trinajstić information content (AvgIpc) is 2.81. The van der Waals surface area contributed by atoms with Crippen LogP contribution in [0.4, 0.5) is 0 Å². The molecule has 90 valence electrons.